The number of benzene rings is 1. The van der Waals surface area contributed by atoms with E-state index in [1.165, 1.54) is 0 Å². The van der Waals surface area contributed by atoms with Crippen LogP contribution in [0.2, 0.25) is 0 Å². The summed E-state index contributed by atoms with van der Waals surface area (Å²) in [5.41, 5.74) is 4.78. The highest BCUT2D eigenvalue weighted by molar-refractivity contribution is 7.99. The second-order valence-corrected chi connectivity index (χ2v) is 3.90. The lowest BCUT2D eigenvalue weighted by atomic mass is 10.2. The van der Waals surface area contributed by atoms with Crippen molar-refractivity contribution in [3.05, 3.63) is 23.5 Å². The van der Waals surface area contributed by atoms with Crippen LogP contribution in [0, 0.1) is 17.1 Å². The molecule has 0 unspecified atom stereocenters. The van der Waals surface area contributed by atoms with Crippen molar-refractivity contribution in [2.24, 2.45) is 0 Å². The minimum absolute atomic E-state index is 0.0266. The zero-order chi connectivity index (χ0) is 12.3. The first-order valence-electron chi connectivity index (χ1n) is 4.02. The first-order valence-corrected chi connectivity index (χ1v) is 5.00. The van der Waals surface area contributed by atoms with E-state index in [0.29, 0.717) is 11.8 Å². The number of halogens is 4. The zero-order valence-electron chi connectivity index (χ0n) is 7.81. The molecule has 1 aromatic rings. The Morgan fingerprint density at radius 3 is 2.50 bits per heavy atom. The fraction of sp³-hybridized carbons (Fsp3) is 0.222. The fourth-order valence-corrected chi connectivity index (χ4v) is 1.73. The molecule has 0 bridgehead atoms. The van der Waals surface area contributed by atoms with E-state index in [9.17, 15) is 17.6 Å². The summed E-state index contributed by atoms with van der Waals surface area (Å²) < 4.78 is 48.8. The Balaban J connectivity index is 2.96. The van der Waals surface area contributed by atoms with E-state index < -0.39 is 17.7 Å². The van der Waals surface area contributed by atoms with Gasteiger partial charge >= 0.3 is 6.18 Å². The van der Waals surface area contributed by atoms with Gasteiger partial charge in [-0.25, -0.2) is 4.39 Å². The van der Waals surface area contributed by atoms with Gasteiger partial charge < -0.3 is 5.73 Å². The van der Waals surface area contributed by atoms with Gasteiger partial charge in [-0.1, -0.05) is 0 Å². The number of nitriles is 1. The molecule has 2 N–H and O–H groups in total. The first-order chi connectivity index (χ1) is 7.33. The van der Waals surface area contributed by atoms with Gasteiger partial charge in [0.25, 0.3) is 0 Å². The van der Waals surface area contributed by atoms with E-state index in [2.05, 4.69) is 0 Å². The standard InChI is InChI=1S/C9H6F4N2S/c10-6-1-5(3-14)8(2-7(6)15)16-4-9(11,12)13/h1-2H,4,15H2. The highest BCUT2D eigenvalue weighted by Crippen LogP contribution is 2.31. The molecule has 86 valence electrons. The molecular weight excluding hydrogens is 244 g/mol. The van der Waals surface area contributed by atoms with Gasteiger partial charge in [0.05, 0.1) is 17.0 Å². The largest absolute Gasteiger partial charge is 0.398 e. The van der Waals surface area contributed by atoms with Crippen LogP contribution in [0.3, 0.4) is 0 Å². The molecule has 0 heterocycles. The highest BCUT2D eigenvalue weighted by Gasteiger charge is 2.27. The van der Waals surface area contributed by atoms with Gasteiger partial charge in [0.2, 0.25) is 0 Å². The van der Waals surface area contributed by atoms with Crippen molar-refractivity contribution in [2.75, 3.05) is 11.5 Å². The number of hydrogen-bond donors (Lipinski definition) is 1. The summed E-state index contributed by atoms with van der Waals surface area (Å²) in [5, 5.41) is 8.61. The number of anilines is 1. The average molecular weight is 250 g/mol. The molecule has 0 aliphatic heterocycles. The Bertz CT molecular complexity index is 436. The SMILES string of the molecule is N#Cc1cc(F)c(N)cc1SCC(F)(F)F. The lowest BCUT2D eigenvalue weighted by Gasteiger charge is -2.08. The van der Waals surface area contributed by atoms with Crippen LogP contribution in [-0.4, -0.2) is 11.9 Å². The molecule has 0 aliphatic carbocycles. The highest BCUT2D eigenvalue weighted by atomic mass is 32.2. The molecule has 16 heavy (non-hydrogen) atoms. The van der Waals surface area contributed by atoms with Crippen molar-refractivity contribution in [1.82, 2.24) is 0 Å². The zero-order valence-corrected chi connectivity index (χ0v) is 8.62. The maximum atomic E-state index is 12.9. The van der Waals surface area contributed by atoms with E-state index in [-0.39, 0.29) is 16.1 Å². The lowest BCUT2D eigenvalue weighted by Crippen LogP contribution is -2.10. The molecule has 0 saturated carbocycles. The minimum Gasteiger partial charge on any atom is -0.396 e. The van der Waals surface area contributed by atoms with E-state index in [4.69, 9.17) is 11.0 Å². The summed E-state index contributed by atoms with van der Waals surface area (Å²) in [5.74, 6) is -1.96. The summed E-state index contributed by atoms with van der Waals surface area (Å²) in [6.45, 7) is 0. The Morgan fingerprint density at radius 2 is 2.00 bits per heavy atom. The van der Waals surface area contributed by atoms with Crippen molar-refractivity contribution < 1.29 is 17.6 Å². The van der Waals surface area contributed by atoms with Gasteiger partial charge in [-0.2, -0.15) is 18.4 Å². The quantitative estimate of drug-likeness (QED) is 0.498. The molecule has 0 atom stereocenters. The second-order valence-electron chi connectivity index (χ2n) is 2.89. The normalized spacial score (nSPS) is 11.2. The van der Waals surface area contributed by atoms with Crippen LogP contribution in [-0.2, 0) is 0 Å². The molecule has 1 aromatic carbocycles. The molecule has 0 aromatic heterocycles. The third kappa shape index (κ3) is 3.31. The number of nitrogens with zero attached hydrogens (tertiary/aromatic N) is 1. The van der Waals surface area contributed by atoms with Gasteiger partial charge in [0.15, 0.2) is 0 Å². The molecule has 0 aliphatic rings. The monoisotopic (exact) mass is 250 g/mol. The van der Waals surface area contributed by atoms with Crippen LogP contribution in [0.1, 0.15) is 5.56 Å². The molecular formula is C9H6F4N2S. The molecule has 2 nitrogen and oxygen atoms in total. The van der Waals surface area contributed by atoms with Crippen LogP contribution >= 0.6 is 11.8 Å². The minimum atomic E-state index is -4.35. The molecule has 0 fully saturated rings. The summed E-state index contributed by atoms with van der Waals surface area (Å²) in [4.78, 5) is 0.0266. The predicted octanol–water partition coefficient (Wildman–Crippen LogP) is 2.93. The summed E-state index contributed by atoms with van der Waals surface area (Å²) in [6.07, 6.45) is -4.35. The van der Waals surface area contributed by atoms with Crippen LogP contribution < -0.4 is 5.73 Å². The maximum absolute atomic E-state index is 12.9. The predicted molar refractivity (Wildman–Crippen MR) is 52.3 cm³/mol. The number of thioether (sulfide) groups is 1. The average Bonchev–Trinajstić information content (AvgIpc) is 2.18. The Hall–Kier alpha value is -1.42. The number of alkyl halides is 3. The fourth-order valence-electron chi connectivity index (χ4n) is 0.935. The van der Waals surface area contributed by atoms with Gasteiger partial charge in [-0.3, -0.25) is 0 Å². The lowest BCUT2D eigenvalue weighted by molar-refractivity contribution is -0.105. The van der Waals surface area contributed by atoms with Crippen molar-refractivity contribution >= 4 is 17.4 Å². The Morgan fingerprint density at radius 1 is 1.38 bits per heavy atom. The van der Waals surface area contributed by atoms with Crippen LogP contribution in [0.15, 0.2) is 17.0 Å². The molecule has 1 rings (SSSR count). The van der Waals surface area contributed by atoms with Crippen LogP contribution in [0.25, 0.3) is 0 Å². The summed E-state index contributed by atoms with van der Waals surface area (Å²) >= 11 is 0.407. The van der Waals surface area contributed by atoms with E-state index in [0.717, 1.165) is 12.1 Å². The van der Waals surface area contributed by atoms with E-state index >= 15 is 0 Å². The number of rotatable bonds is 2. The maximum Gasteiger partial charge on any atom is 0.398 e. The molecule has 0 amide bonds. The van der Waals surface area contributed by atoms with Crippen molar-refractivity contribution in [3.8, 4) is 6.07 Å². The molecule has 0 saturated heterocycles. The van der Waals surface area contributed by atoms with Crippen LogP contribution in [0.5, 0.6) is 0 Å². The second kappa shape index (κ2) is 4.61. The number of nitrogens with two attached hydrogens (primary N) is 1. The Labute approximate surface area is 93.0 Å². The molecule has 0 spiro atoms. The Kier molecular flexibility index (Phi) is 3.65. The topological polar surface area (TPSA) is 49.8 Å². The number of hydrogen-bond acceptors (Lipinski definition) is 3. The van der Waals surface area contributed by atoms with Crippen molar-refractivity contribution in [1.29, 1.82) is 5.26 Å². The number of nitrogen functional groups attached to an aromatic ring is 1. The third-order valence-corrected chi connectivity index (χ3v) is 2.73. The van der Waals surface area contributed by atoms with E-state index in [1.54, 1.807) is 6.07 Å². The smallest absolute Gasteiger partial charge is 0.396 e. The van der Waals surface area contributed by atoms with Gasteiger partial charge in [0, 0.05) is 4.90 Å². The van der Waals surface area contributed by atoms with Gasteiger partial charge in [0.1, 0.15) is 11.9 Å². The van der Waals surface area contributed by atoms with Crippen molar-refractivity contribution in [3.63, 3.8) is 0 Å². The molecule has 0 radical (unpaired) electrons. The molecule has 7 heteroatoms. The van der Waals surface area contributed by atoms with Gasteiger partial charge in [-0.05, 0) is 12.1 Å². The van der Waals surface area contributed by atoms with Crippen molar-refractivity contribution in [2.45, 2.75) is 11.1 Å². The first kappa shape index (κ1) is 12.6. The van der Waals surface area contributed by atoms with Gasteiger partial charge in [-0.15, -0.1) is 11.8 Å². The summed E-state index contributed by atoms with van der Waals surface area (Å²) in [6, 6.07) is 3.48. The van der Waals surface area contributed by atoms with E-state index in [1.807, 2.05) is 0 Å². The third-order valence-electron chi connectivity index (χ3n) is 1.61. The summed E-state index contributed by atoms with van der Waals surface area (Å²) in [7, 11) is 0. The van der Waals surface area contributed by atoms with Crippen LogP contribution in [0.4, 0.5) is 23.2 Å².